The number of hydrogen-bond acceptors (Lipinski definition) is 3. The van der Waals surface area contributed by atoms with Crippen molar-refractivity contribution in [3.05, 3.63) is 102 Å². The first kappa shape index (κ1) is 26.0. The molecule has 1 N–H and O–H groups in total. The molecule has 184 valence electrons. The van der Waals surface area contributed by atoms with E-state index in [-0.39, 0.29) is 11.8 Å². The van der Waals surface area contributed by atoms with Gasteiger partial charge in [-0.1, -0.05) is 92.2 Å². The number of nitrogens with one attached hydrogen (secondary N) is 1. The topological polar surface area (TPSA) is 58.6 Å². The lowest BCUT2D eigenvalue weighted by atomic mass is 10.0. The van der Waals surface area contributed by atoms with E-state index in [0.717, 1.165) is 29.7 Å². The Hall–Kier alpha value is -3.60. The van der Waals surface area contributed by atoms with Gasteiger partial charge in [-0.25, -0.2) is 0 Å². The summed E-state index contributed by atoms with van der Waals surface area (Å²) in [5.41, 5.74) is 2.03. The number of benzene rings is 3. The Morgan fingerprint density at radius 3 is 2.06 bits per heavy atom. The largest absolute Gasteiger partial charge is 0.494 e. The summed E-state index contributed by atoms with van der Waals surface area (Å²) in [6, 6.07) is 28.8. The van der Waals surface area contributed by atoms with Crippen molar-refractivity contribution in [2.75, 3.05) is 13.2 Å². The molecule has 0 radical (unpaired) electrons. The monoisotopic (exact) mass is 472 g/mol. The highest BCUT2D eigenvalue weighted by Gasteiger charge is 2.29. The molecule has 5 heteroatoms. The summed E-state index contributed by atoms with van der Waals surface area (Å²) in [6.45, 7) is 3.54. The van der Waals surface area contributed by atoms with Gasteiger partial charge in [0.05, 0.1) is 6.61 Å². The van der Waals surface area contributed by atoms with Gasteiger partial charge >= 0.3 is 0 Å². The molecule has 35 heavy (non-hydrogen) atoms. The van der Waals surface area contributed by atoms with Crippen molar-refractivity contribution in [3.8, 4) is 5.75 Å². The Kier molecular flexibility index (Phi) is 10.9. The first-order valence-electron chi connectivity index (χ1n) is 12.5. The Labute approximate surface area is 209 Å². The van der Waals surface area contributed by atoms with E-state index < -0.39 is 6.04 Å². The molecule has 1 unspecified atom stereocenters. The maximum atomic E-state index is 13.5. The molecule has 0 aliphatic heterocycles. The molecule has 0 bridgehead atoms. The summed E-state index contributed by atoms with van der Waals surface area (Å²) in [4.78, 5) is 28.6. The molecule has 0 aliphatic rings. The van der Waals surface area contributed by atoms with Gasteiger partial charge in [-0.15, -0.1) is 0 Å². The van der Waals surface area contributed by atoms with E-state index >= 15 is 0 Å². The molecule has 0 fully saturated rings. The smallest absolute Gasteiger partial charge is 0.243 e. The summed E-state index contributed by atoms with van der Waals surface area (Å²) >= 11 is 0. The van der Waals surface area contributed by atoms with Crippen molar-refractivity contribution >= 4 is 11.8 Å². The fraction of sp³-hybridized carbons (Fsp3) is 0.333. The molecule has 3 aromatic carbocycles. The fourth-order valence-electron chi connectivity index (χ4n) is 3.91. The Morgan fingerprint density at radius 2 is 1.43 bits per heavy atom. The third-order valence-electron chi connectivity index (χ3n) is 5.84. The fourth-order valence-corrected chi connectivity index (χ4v) is 3.91. The molecule has 0 saturated carbocycles. The number of carbonyl (C=O) groups is 2. The van der Waals surface area contributed by atoms with Crippen LogP contribution in [-0.2, 0) is 22.6 Å². The van der Waals surface area contributed by atoms with Crippen LogP contribution in [0.2, 0.25) is 0 Å². The number of para-hydroxylation sites is 1. The predicted octanol–water partition coefficient (Wildman–Crippen LogP) is 5.40. The normalized spacial score (nSPS) is 11.5. The molecule has 0 aromatic heterocycles. The van der Waals surface area contributed by atoms with Gasteiger partial charge in [0.1, 0.15) is 11.8 Å². The van der Waals surface area contributed by atoms with Gasteiger partial charge in [0.15, 0.2) is 0 Å². The number of unbranched alkanes of at least 4 members (excludes halogenated alkanes) is 1. The van der Waals surface area contributed by atoms with Gasteiger partial charge in [-0.2, -0.15) is 0 Å². The number of hydrogen-bond donors (Lipinski definition) is 1. The van der Waals surface area contributed by atoms with E-state index in [4.69, 9.17) is 4.74 Å². The summed E-state index contributed by atoms with van der Waals surface area (Å²) in [5.74, 6) is 0.641. The lowest BCUT2D eigenvalue weighted by molar-refractivity contribution is -0.141. The van der Waals surface area contributed by atoms with E-state index in [2.05, 4.69) is 12.2 Å². The molecule has 3 rings (SSSR count). The quantitative estimate of drug-likeness (QED) is 0.320. The van der Waals surface area contributed by atoms with E-state index in [1.165, 1.54) is 0 Å². The number of rotatable bonds is 14. The average molecular weight is 473 g/mol. The zero-order valence-corrected chi connectivity index (χ0v) is 20.6. The van der Waals surface area contributed by atoms with Crippen LogP contribution >= 0.6 is 0 Å². The standard InChI is InChI=1S/C30H36N2O3/c1-2-3-21-31-30(34)28(23-25-14-7-4-8-15-25)32(24-26-16-9-5-10-17-26)29(33)20-13-22-35-27-18-11-6-12-19-27/h4-12,14-19,28H,2-3,13,20-24H2,1H3,(H,31,34). The van der Waals surface area contributed by atoms with Crippen LogP contribution in [0.25, 0.3) is 0 Å². The number of carbonyl (C=O) groups excluding carboxylic acids is 2. The molecule has 0 saturated heterocycles. The van der Waals surface area contributed by atoms with Gasteiger partial charge in [-0.05, 0) is 36.1 Å². The highest BCUT2D eigenvalue weighted by atomic mass is 16.5. The summed E-state index contributed by atoms with van der Waals surface area (Å²) < 4.78 is 5.77. The highest BCUT2D eigenvalue weighted by Crippen LogP contribution is 2.17. The van der Waals surface area contributed by atoms with Crippen LogP contribution in [0.3, 0.4) is 0 Å². The minimum absolute atomic E-state index is 0.0444. The molecular formula is C30H36N2O3. The Morgan fingerprint density at radius 1 is 0.829 bits per heavy atom. The zero-order chi connectivity index (χ0) is 24.7. The van der Waals surface area contributed by atoms with Crippen molar-refractivity contribution in [1.82, 2.24) is 10.2 Å². The van der Waals surface area contributed by atoms with Crippen LogP contribution < -0.4 is 10.1 Å². The van der Waals surface area contributed by atoms with Gasteiger partial charge in [0, 0.05) is 25.9 Å². The van der Waals surface area contributed by atoms with Gasteiger partial charge in [0.2, 0.25) is 11.8 Å². The lowest BCUT2D eigenvalue weighted by Gasteiger charge is -2.31. The second kappa shape index (κ2) is 14.6. The number of ether oxygens (including phenoxy) is 1. The predicted molar refractivity (Wildman–Crippen MR) is 140 cm³/mol. The molecular weight excluding hydrogens is 436 g/mol. The van der Waals surface area contributed by atoms with Crippen molar-refractivity contribution in [2.24, 2.45) is 0 Å². The van der Waals surface area contributed by atoms with Gasteiger partial charge in [0.25, 0.3) is 0 Å². The molecule has 0 heterocycles. The molecule has 3 aromatic rings. The van der Waals surface area contributed by atoms with Crippen LogP contribution in [0.15, 0.2) is 91.0 Å². The van der Waals surface area contributed by atoms with Crippen LogP contribution in [0.5, 0.6) is 5.75 Å². The third kappa shape index (κ3) is 8.93. The summed E-state index contributed by atoms with van der Waals surface area (Å²) in [7, 11) is 0. The second-order valence-corrected chi connectivity index (χ2v) is 8.62. The van der Waals surface area contributed by atoms with E-state index in [1.807, 2.05) is 91.0 Å². The van der Waals surface area contributed by atoms with Crippen LogP contribution in [-0.4, -0.2) is 35.9 Å². The van der Waals surface area contributed by atoms with Crippen molar-refractivity contribution in [2.45, 2.75) is 51.6 Å². The average Bonchev–Trinajstić information content (AvgIpc) is 2.90. The maximum absolute atomic E-state index is 13.5. The first-order valence-corrected chi connectivity index (χ1v) is 12.5. The van der Waals surface area contributed by atoms with Gasteiger partial charge in [-0.3, -0.25) is 9.59 Å². The Balaban J connectivity index is 1.75. The Bertz CT molecular complexity index is 1010. The van der Waals surface area contributed by atoms with Crippen LogP contribution in [0.4, 0.5) is 0 Å². The summed E-state index contributed by atoms with van der Waals surface area (Å²) in [6.07, 6.45) is 3.27. The highest BCUT2D eigenvalue weighted by molar-refractivity contribution is 5.88. The van der Waals surface area contributed by atoms with Crippen molar-refractivity contribution in [1.29, 1.82) is 0 Å². The van der Waals surface area contributed by atoms with E-state index in [1.54, 1.807) is 4.90 Å². The van der Waals surface area contributed by atoms with E-state index in [9.17, 15) is 9.59 Å². The maximum Gasteiger partial charge on any atom is 0.243 e. The molecule has 0 aliphatic carbocycles. The van der Waals surface area contributed by atoms with Crippen LogP contribution in [0, 0.1) is 0 Å². The minimum Gasteiger partial charge on any atom is -0.494 e. The van der Waals surface area contributed by atoms with E-state index in [0.29, 0.717) is 39.0 Å². The van der Waals surface area contributed by atoms with Gasteiger partial charge < -0.3 is 15.0 Å². The molecule has 5 nitrogen and oxygen atoms in total. The molecule has 0 spiro atoms. The number of nitrogens with zero attached hydrogens (tertiary/aromatic N) is 1. The lowest BCUT2D eigenvalue weighted by Crippen LogP contribution is -2.50. The second-order valence-electron chi connectivity index (χ2n) is 8.62. The third-order valence-corrected chi connectivity index (χ3v) is 5.84. The van der Waals surface area contributed by atoms with Crippen molar-refractivity contribution in [3.63, 3.8) is 0 Å². The SMILES string of the molecule is CCCCNC(=O)C(Cc1ccccc1)N(Cc1ccccc1)C(=O)CCCOc1ccccc1. The number of amides is 2. The minimum atomic E-state index is -0.586. The molecule has 2 amide bonds. The summed E-state index contributed by atoms with van der Waals surface area (Å²) in [5, 5.41) is 3.06. The first-order chi connectivity index (χ1) is 17.2. The van der Waals surface area contributed by atoms with Crippen LogP contribution in [0.1, 0.15) is 43.7 Å². The van der Waals surface area contributed by atoms with Crippen molar-refractivity contribution < 1.29 is 14.3 Å². The zero-order valence-electron chi connectivity index (χ0n) is 20.6. The molecule has 1 atom stereocenters.